The number of esters is 4. The lowest BCUT2D eigenvalue weighted by molar-refractivity contribution is -0.161. The molecule has 0 aliphatic rings. The summed E-state index contributed by atoms with van der Waals surface area (Å²) in [6, 6.07) is 0. The van der Waals surface area contributed by atoms with Gasteiger partial charge in [0, 0.05) is 25.7 Å². The number of phosphoric ester groups is 2. The minimum Gasteiger partial charge on any atom is -0.462 e. The Hall–Kier alpha value is -2.46. The zero-order chi connectivity index (χ0) is 71.2. The molecule has 17 nitrogen and oxygen atoms in total. The molecule has 3 unspecified atom stereocenters. The van der Waals surface area contributed by atoms with E-state index >= 15 is 0 Å². The van der Waals surface area contributed by atoms with Crippen molar-refractivity contribution in [3.63, 3.8) is 0 Å². The molecule has 97 heavy (non-hydrogen) atoms. The van der Waals surface area contributed by atoms with Gasteiger partial charge in [-0.1, -0.05) is 335 Å². The van der Waals surface area contributed by atoms with Crippen LogP contribution in [0.1, 0.15) is 388 Å². The Labute approximate surface area is 592 Å². The first-order chi connectivity index (χ1) is 47.1. The Balaban J connectivity index is 5.23. The van der Waals surface area contributed by atoms with Crippen LogP contribution in [0.15, 0.2) is 24.3 Å². The van der Waals surface area contributed by atoms with Crippen LogP contribution in [0.5, 0.6) is 0 Å². The summed E-state index contributed by atoms with van der Waals surface area (Å²) in [5, 5.41) is 10.6. The topological polar surface area (TPSA) is 237 Å². The molecular weight excluding hydrogens is 1270 g/mol. The van der Waals surface area contributed by atoms with E-state index in [1.807, 2.05) is 0 Å². The Morgan fingerprint density at radius 2 is 0.577 bits per heavy atom. The zero-order valence-corrected chi connectivity index (χ0v) is 64.5. The molecule has 572 valence electrons. The van der Waals surface area contributed by atoms with Gasteiger partial charge in [-0.15, -0.1) is 0 Å². The molecule has 0 aromatic heterocycles. The van der Waals surface area contributed by atoms with Gasteiger partial charge in [0.25, 0.3) is 0 Å². The van der Waals surface area contributed by atoms with Crippen molar-refractivity contribution in [2.75, 3.05) is 39.6 Å². The number of unbranched alkanes of at least 4 members (excludes halogenated alkanes) is 44. The number of carbonyl (C=O) groups is 4. The molecule has 3 N–H and O–H groups in total. The fraction of sp³-hybridized carbons (Fsp3) is 0.897. The number of allylic oxidation sites excluding steroid dienone is 4. The SMILES string of the molecule is CCCCCC/C=C\C=C/CCCCCCCC(=O)OC[C@H](COP(=O)(O)OC[C@@H](O)COP(=O)(O)OC[C@@H](COC(=O)CCCCCCCCCCC)OC(=O)CCCCCCCCCCC(C)CC)OC(=O)CCCCCCCCCCCCCCCCCCCCCCC. The average Bonchev–Trinajstić information content (AvgIpc) is 2.17. The summed E-state index contributed by atoms with van der Waals surface area (Å²) in [5.41, 5.74) is 0. The molecule has 0 heterocycles. The van der Waals surface area contributed by atoms with Crippen molar-refractivity contribution in [3.8, 4) is 0 Å². The van der Waals surface area contributed by atoms with Crippen LogP contribution in [-0.2, 0) is 65.4 Å². The highest BCUT2D eigenvalue weighted by Gasteiger charge is 2.30. The summed E-state index contributed by atoms with van der Waals surface area (Å²) < 4.78 is 68.5. The zero-order valence-electron chi connectivity index (χ0n) is 62.7. The number of aliphatic hydroxyl groups excluding tert-OH is 1. The largest absolute Gasteiger partial charge is 0.472 e. The van der Waals surface area contributed by atoms with Gasteiger partial charge in [-0.3, -0.25) is 37.3 Å². The van der Waals surface area contributed by atoms with Crippen molar-refractivity contribution < 1.29 is 80.2 Å². The number of rotatable bonds is 76. The first kappa shape index (κ1) is 94.5. The van der Waals surface area contributed by atoms with E-state index in [9.17, 15) is 43.2 Å². The van der Waals surface area contributed by atoms with Gasteiger partial charge in [0.05, 0.1) is 26.4 Å². The number of phosphoric acid groups is 2. The number of carbonyl (C=O) groups excluding carboxylic acids is 4. The predicted octanol–water partition coefficient (Wildman–Crippen LogP) is 22.8. The maximum Gasteiger partial charge on any atom is 0.472 e. The smallest absolute Gasteiger partial charge is 0.462 e. The third-order valence-corrected chi connectivity index (χ3v) is 19.9. The van der Waals surface area contributed by atoms with Crippen LogP contribution in [-0.4, -0.2) is 96.7 Å². The molecule has 0 saturated heterocycles. The van der Waals surface area contributed by atoms with Gasteiger partial charge in [-0.25, -0.2) is 9.13 Å². The number of hydrogen-bond acceptors (Lipinski definition) is 15. The molecule has 0 rings (SSSR count). The van der Waals surface area contributed by atoms with E-state index in [-0.39, 0.29) is 25.7 Å². The lowest BCUT2D eigenvalue weighted by Crippen LogP contribution is -2.30. The van der Waals surface area contributed by atoms with Crippen molar-refractivity contribution in [2.24, 2.45) is 5.92 Å². The molecule has 0 amide bonds. The second-order valence-electron chi connectivity index (χ2n) is 27.7. The third kappa shape index (κ3) is 70.4. The van der Waals surface area contributed by atoms with Gasteiger partial charge < -0.3 is 33.8 Å². The summed E-state index contributed by atoms with van der Waals surface area (Å²) >= 11 is 0. The fourth-order valence-electron chi connectivity index (χ4n) is 11.5. The summed E-state index contributed by atoms with van der Waals surface area (Å²) in [4.78, 5) is 72.8. The van der Waals surface area contributed by atoms with E-state index in [1.165, 1.54) is 193 Å². The summed E-state index contributed by atoms with van der Waals surface area (Å²) in [7, 11) is -9.92. The minimum absolute atomic E-state index is 0.102. The van der Waals surface area contributed by atoms with Crippen LogP contribution in [0.2, 0.25) is 0 Å². The van der Waals surface area contributed by atoms with Crippen LogP contribution >= 0.6 is 15.6 Å². The molecule has 0 radical (unpaired) electrons. The molecule has 0 saturated carbocycles. The first-order valence-electron chi connectivity index (χ1n) is 40.0. The van der Waals surface area contributed by atoms with Gasteiger partial charge in [0.2, 0.25) is 0 Å². The van der Waals surface area contributed by atoms with Crippen molar-refractivity contribution in [1.82, 2.24) is 0 Å². The fourth-order valence-corrected chi connectivity index (χ4v) is 13.1. The predicted molar refractivity (Wildman–Crippen MR) is 395 cm³/mol. The van der Waals surface area contributed by atoms with E-state index < -0.39 is 97.5 Å². The molecular formula is C78H148O17P2. The van der Waals surface area contributed by atoms with Crippen molar-refractivity contribution in [3.05, 3.63) is 24.3 Å². The summed E-state index contributed by atoms with van der Waals surface area (Å²) in [5.74, 6) is -1.38. The molecule has 0 aromatic rings. The highest BCUT2D eigenvalue weighted by molar-refractivity contribution is 7.47. The molecule has 0 fully saturated rings. The third-order valence-electron chi connectivity index (χ3n) is 18.0. The molecule has 0 bridgehead atoms. The molecule has 0 aromatic carbocycles. The normalized spacial score (nSPS) is 14.4. The van der Waals surface area contributed by atoms with Crippen LogP contribution in [0.4, 0.5) is 0 Å². The van der Waals surface area contributed by atoms with E-state index in [0.717, 1.165) is 115 Å². The first-order valence-corrected chi connectivity index (χ1v) is 43.0. The summed E-state index contributed by atoms with van der Waals surface area (Å²) in [6.07, 6.45) is 63.3. The van der Waals surface area contributed by atoms with E-state index in [0.29, 0.717) is 25.7 Å². The second kappa shape index (κ2) is 70.6. The lowest BCUT2D eigenvalue weighted by atomic mass is 9.99. The molecule has 0 spiro atoms. The average molecular weight is 1420 g/mol. The van der Waals surface area contributed by atoms with E-state index in [4.69, 9.17) is 37.0 Å². The monoisotopic (exact) mass is 1420 g/mol. The highest BCUT2D eigenvalue weighted by Crippen LogP contribution is 2.45. The molecule has 0 aliphatic heterocycles. The standard InChI is InChI=1S/C78H148O17P2/c1-6-10-13-16-19-22-24-26-28-29-30-31-32-33-35-37-39-42-48-53-58-63-77(82)94-73(68-89-76(81)62-57-52-47-41-38-36-34-27-25-23-20-17-14-11-7-2)69-92-96(84,85)90-65-72(79)66-91-97(86,87)93-70-74(67-88-75(80)61-56-51-46-40-21-18-15-12-8-3)95-78(83)64-59-54-49-44-43-45-50-55-60-71(5)9-4/h23,25,27,34,71-74,79H,6-22,24,26,28-33,35-70H2,1-5H3,(H,84,85)(H,86,87)/b25-23-,34-27-/t71?,72-,73-,74-/m1/s1. The van der Waals surface area contributed by atoms with Gasteiger partial charge in [0.15, 0.2) is 12.2 Å². The maximum atomic E-state index is 13.1. The Kier molecular flexibility index (Phi) is 68.8. The second-order valence-corrected chi connectivity index (χ2v) is 30.6. The quantitative estimate of drug-likeness (QED) is 0.0169. The Bertz CT molecular complexity index is 1950. The van der Waals surface area contributed by atoms with Crippen molar-refractivity contribution in [2.45, 2.75) is 406 Å². The Morgan fingerprint density at radius 3 is 0.876 bits per heavy atom. The van der Waals surface area contributed by atoms with Crippen molar-refractivity contribution in [1.29, 1.82) is 0 Å². The van der Waals surface area contributed by atoms with Crippen LogP contribution < -0.4 is 0 Å². The van der Waals surface area contributed by atoms with E-state index in [2.05, 4.69) is 58.9 Å². The van der Waals surface area contributed by atoms with Crippen molar-refractivity contribution >= 4 is 39.5 Å². The molecule has 6 atom stereocenters. The number of ether oxygens (including phenoxy) is 4. The maximum absolute atomic E-state index is 13.1. The number of hydrogen-bond donors (Lipinski definition) is 3. The van der Waals surface area contributed by atoms with Gasteiger partial charge >= 0.3 is 39.5 Å². The summed E-state index contributed by atoms with van der Waals surface area (Å²) in [6.45, 7) is 7.21. The number of aliphatic hydroxyl groups is 1. The minimum atomic E-state index is -4.97. The van der Waals surface area contributed by atoms with E-state index in [1.54, 1.807) is 0 Å². The van der Waals surface area contributed by atoms with Crippen LogP contribution in [0.25, 0.3) is 0 Å². The molecule has 19 heteroatoms. The van der Waals surface area contributed by atoms with Gasteiger partial charge in [-0.05, 0) is 57.3 Å². The highest BCUT2D eigenvalue weighted by atomic mass is 31.2. The van der Waals surface area contributed by atoms with Crippen LogP contribution in [0.3, 0.4) is 0 Å². The lowest BCUT2D eigenvalue weighted by Gasteiger charge is -2.21. The molecule has 0 aliphatic carbocycles. The van der Waals surface area contributed by atoms with Gasteiger partial charge in [0.1, 0.15) is 19.3 Å². The Morgan fingerprint density at radius 1 is 0.330 bits per heavy atom. The van der Waals surface area contributed by atoms with Crippen LogP contribution in [0, 0.1) is 5.92 Å². The van der Waals surface area contributed by atoms with Gasteiger partial charge in [-0.2, -0.15) is 0 Å².